The maximum Gasteiger partial charge on any atom is 0.134 e. The maximum absolute atomic E-state index is 5.74. The van der Waals surface area contributed by atoms with E-state index in [0.717, 1.165) is 18.2 Å². The lowest BCUT2D eigenvalue weighted by Gasteiger charge is -2.32. The van der Waals surface area contributed by atoms with Gasteiger partial charge >= 0.3 is 0 Å². The van der Waals surface area contributed by atoms with Crippen molar-refractivity contribution in [3.05, 3.63) is 12.4 Å². The van der Waals surface area contributed by atoms with E-state index in [1.807, 2.05) is 13.0 Å². The number of aromatic nitrogens is 2. The van der Waals surface area contributed by atoms with Crippen LogP contribution < -0.4 is 16.0 Å². The molecule has 0 aliphatic heterocycles. The largest absolute Gasteiger partial charge is 0.368 e. The van der Waals surface area contributed by atoms with E-state index < -0.39 is 0 Å². The zero-order valence-electron chi connectivity index (χ0n) is 12.0. The third kappa shape index (κ3) is 4.06. The molecule has 1 fully saturated rings. The first-order valence-corrected chi connectivity index (χ1v) is 7.21. The summed E-state index contributed by atoms with van der Waals surface area (Å²) in [6, 6.07) is 2.75. The molecule has 0 amide bonds. The van der Waals surface area contributed by atoms with E-state index >= 15 is 0 Å². The van der Waals surface area contributed by atoms with Gasteiger partial charge in [-0.25, -0.2) is 9.97 Å². The van der Waals surface area contributed by atoms with Crippen molar-refractivity contribution >= 4 is 11.6 Å². The highest BCUT2D eigenvalue weighted by Gasteiger charge is 2.19. The first-order valence-electron chi connectivity index (χ1n) is 7.21. The Kier molecular flexibility index (Phi) is 4.96. The van der Waals surface area contributed by atoms with Gasteiger partial charge in [0.1, 0.15) is 18.0 Å². The summed E-state index contributed by atoms with van der Waals surface area (Å²) in [5, 5.41) is 3.24. The predicted octanol–water partition coefficient (Wildman–Crippen LogP) is 2.00. The molecule has 19 heavy (non-hydrogen) atoms. The summed E-state index contributed by atoms with van der Waals surface area (Å²) in [5.41, 5.74) is 5.74. The van der Waals surface area contributed by atoms with Crippen LogP contribution in [-0.4, -0.2) is 35.6 Å². The van der Waals surface area contributed by atoms with Gasteiger partial charge in [0.15, 0.2) is 0 Å². The van der Waals surface area contributed by atoms with Crippen LogP contribution in [0.15, 0.2) is 12.4 Å². The van der Waals surface area contributed by atoms with Crippen molar-refractivity contribution in [2.24, 2.45) is 5.73 Å². The molecule has 5 nitrogen and oxygen atoms in total. The molecule has 0 saturated heterocycles. The van der Waals surface area contributed by atoms with E-state index in [9.17, 15) is 0 Å². The van der Waals surface area contributed by atoms with Gasteiger partial charge in [-0.2, -0.15) is 0 Å². The van der Waals surface area contributed by atoms with Crippen LogP contribution in [0.5, 0.6) is 0 Å². The number of nitrogens with zero attached hydrogens (tertiary/aromatic N) is 3. The van der Waals surface area contributed by atoms with Gasteiger partial charge in [0.05, 0.1) is 0 Å². The fraction of sp³-hybridized carbons (Fsp3) is 0.714. The van der Waals surface area contributed by atoms with Crippen molar-refractivity contribution < 1.29 is 0 Å². The van der Waals surface area contributed by atoms with Crippen molar-refractivity contribution in [3.63, 3.8) is 0 Å². The topological polar surface area (TPSA) is 67.1 Å². The Hall–Kier alpha value is -1.36. The molecule has 1 aromatic rings. The maximum atomic E-state index is 5.74. The molecule has 0 bridgehead atoms. The lowest BCUT2D eigenvalue weighted by molar-refractivity contribution is 0.426. The number of anilines is 2. The molecular formula is C14H25N5. The van der Waals surface area contributed by atoms with Crippen LogP contribution in [0, 0.1) is 0 Å². The van der Waals surface area contributed by atoms with Crippen LogP contribution in [0.2, 0.25) is 0 Å². The van der Waals surface area contributed by atoms with Crippen LogP contribution >= 0.6 is 0 Å². The molecule has 1 aromatic heterocycles. The first kappa shape index (κ1) is 14.1. The lowest BCUT2D eigenvalue weighted by atomic mass is 9.94. The van der Waals surface area contributed by atoms with Gasteiger partial charge in [-0.15, -0.1) is 0 Å². The standard InChI is InChI=1S/C14H25N5/c1-11(15)9-16-13-8-14(18-10-17-13)19(2)12-6-4-3-5-7-12/h8,10-12H,3-7,9,15H2,1-2H3,(H,16,17,18). The Bertz CT molecular complexity index is 387. The summed E-state index contributed by atoms with van der Waals surface area (Å²) in [6.07, 6.45) is 8.19. The second-order valence-electron chi connectivity index (χ2n) is 5.52. The highest BCUT2D eigenvalue weighted by molar-refractivity contribution is 5.48. The van der Waals surface area contributed by atoms with Gasteiger partial charge in [-0.05, 0) is 19.8 Å². The zero-order valence-corrected chi connectivity index (χ0v) is 12.0. The van der Waals surface area contributed by atoms with Crippen LogP contribution in [0.4, 0.5) is 11.6 Å². The number of hydrogen-bond acceptors (Lipinski definition) is 5. The van der Waals surface area contributed by atoms with E-state index in [0.29, 0.717) is 6.04 Å². The molecular weight excluding hydrogens is 238 g/mol. The second kappa shape index (κ2) is 6.70. The summed E-state index contributed by atoms with van der Waals surface area (Å²) in [5.74, 6) is 1.85. The normalized spacial score (nSPS) is 18.1. The van der Waals surface area contributed by atoms with Gasteiger partial charge in [0.25, 0.3) is 0 Å². The minimum absolute atomic E-state index is 0.120. The number of rotatable bonds is 5. The minimum atomic E-state index is 0.120. The zero-order chi connectivity index (χ0) is 13.7. The van der Waals surface area contributed by atoms with Gasteiger partial charge < -0.3 is 16.0 Å². The Balaban J connectivity index is 2.00. The SMILES string of the molecule is CC(N)CNc1cc(N(C)C2CCCCC2)ncn1. The monoisotopic (exact) mass is 263 g/mol. The molecule has 1 heterocycles. The Morgan fingerprint density at radius 2 is 2.11 bits per heavy atom. The van der Waals surface area contributed by atoms with Crippen molar-refractivity contribution in [2.45, 2.75) is 51.1 Å². The van der Waals surface area contributed by atoms with Gasteiger partial charge in [-0.3, -0.25) is 0 Å². The molecule has 2 rings (SSSR count). The summed E-state index contributed by atoms with van der Waals surface area (Å²) in [7, 11) is 2.13. The molecule has 1 saturated carbocycles. The van der Waals surface area contributed by atoms with Crippen molar-refractivity contribution in [1.29, 1.82) is 0 Å². The number of nitrogens with two attached hydrogens (primary N) is 1. The van der Waals surface area contributed by atoms with E-state index in [1.54, 1.807) is 6.33 Å². The van der Waals surface area contributed by atoms with Crippen molar-refractivity contribution in [2.75, 3.05) is 23.8 Å². The molecule has 1 aliphatic rings. The van der Waals surface area contributed by atoms with Crippen molar-refractivity contribution in [3.8, 4) is 0 Å². The molecule has 1 unspecified atom stereocenters. The van der Waals surface area contributed by atoms with Gasteiger partial charge in [0.2, 0.25) is 0 Å². The van der Waals surface area contributed by atoms with Crippen LogP contribution in [-0.2, 0) is 0 Å². The van der Waals surface area contributed by atoms with E-state index in [-0.39, 0.29) is 6.04 Å². The Labute approximate surface area is 115 Å². The smallest absolute Gasteiger partial charge is 0.134 e. The summed E-state index contributed by atoms with van der Waals surface area (Å²) in [6.45, 7) is 2.70. The molecule has 1 aliphatic carbocycles. The lowest BCUT2D eigenvalue weighted by Crippen LogP contribution is -2.34. The summed E-state index contributed by atoms with van der Waals surface area (Å²) >= 11 is 0. The van der Waals surface area contributed by atoms with Crippen molar-refractivity contribution in [1.82, 2.24) is 9.97 Å². The van der Waals surface area contributed by atoms with E-state index in [1.165, 1.54) is 32.1 Å². The third-order valence-corrected chi connectivity index (χ3v) is 3.74. The Morgan fingerprint density at radius 1 is 1.37 bits per heavy atom. The molecule has 3 N–H and O–H groups in total. The fourth-order valence-corrected chi connectivity index (χ4v) is 2.56. The predicted molar refractivity (Wildman–Crippen MR) is 79.4 cm³/mol. The van der Waals surface area contributed by atoms with E-state index in [4.69, 9.17) is 5.73 Å². The Morgan fingerprint density at radius 3 is 2.79 bits per heavy atom. The molecule has 5 heteroatoms. The first-order chi connectivity index (χ1) is 9.16. The van der Waals surface area contributed by atoms with Gasteiger partial charge in [0, 0.05) is 31.7 Å². The molecule has 0 aromatic carbocycles. The highest BCUT2D eigenvalue weighted by Crippen LogP contribution is 2.25. The summed E-state index contributed by atoms with van der Waals surface area (Å²) < 4.78 is 0. The summed E-state index contributed by atoms with van der Waals surface area (Å²) in [4.78, 5) is 10.9. The number of hydrogen-bond donors (Lipinski definition) is 2. The van der Waals surface area contributed by atoms with Crippen LogP contribution in [0.3, 0.4) is 0 Å². The molecule has 106 valence electrons. The molecule has 1 atom stereocenters. The second-order valence-corrected chi connectivity index (χ2v) is 5.52. The third-order valence-electron chi connectivity index (χ3n) is 3.74. The van der Waals surface area contributed by atoms with Gasteiger partial charge in [-0.1, -0.05) is 19.3 Å². The van der Waals surface area contributed by atoms with Crippen LogP contribution in [0.1, 0.15) is 39.0 Å². The fourth-order valence-electron chi connectivity index (χ4n) is 2.56. The highest BCUT2D eigenvalue weighted by atomic mass is 15.2. The van der Waals surface area contributed by atoms with E-state index in [2.05, 4.69) is 27.2 Å². The average molecular weight is 263 g/mol. The molecule has 0 radical (unpaired) electrons. The van der Waals surface area contributed by atoms with Crippen LogP contribution in [0.25, 0.3) is 0 Å². The minimum Gasteiger partial charge on any atom is -0.368 e. The molecule has 0 spiro atoms. The number of nitrogens with one attached hydrogen (secondary N) is 1. The average Bonchev–Trinajstić information content (AvgIpc) is 2.45. The quantitative estimate of drug-likeness (QED) is 0.850.